The van der Waals surface area contributed by atoms with E-state index in [1.54, 1.807) is 0 Å². The lowest BCUT2D eigenvalue weighted by atomic mass is 9.72. The highest BCUT2D eigenvalue weighted by Gasteiger charge is 2.39. The molecule has 1 aliphatic carbocycles. The van der Waals surface area contributed by atoms with Gasteiger partial charge in [-0.25, -0.2) is 4.79 Å². The summed E-state index contributed by atoms with van der Waals surface area (Å²) in [5, 5.41) is 7.21. The molecular formula is C30H39N7O3. The maximum absolute atomic E-state index is 13.3. The van der Waals surface area contributed by atoms with Crippen LogP contribution in [0.3, 0.4) is 0 Å². The Kier molecular flexibility index (Phi) is 8.54. The minimum absolute atomic E-state index is 0.00104. The Morgan fingerprint density at radius 2 is 2.00 bits per heavy atom. The van der Waals surface area contributed by atoms with Crippen molar-refractivity contribution in [1.82, 2.24) is 20.5 Å². The quantitative estimate of drug-likeness (QED) is 0.150. The van der Waals surface area contributed by atoms with Gasteiger partial charge in [0.05, 0.1) is 0 Å². The monoisotopic (exact) mass is 545 g/mol. The molecule has 3 aromatic rings. The molecule has 5 rings (SSSR count). The molecule has 7 N–H and O–H groups in total. The van der Waals surface area contributed by atoms with Crippen molar-refractivity contribution in [2.45, 2.75) is 50.3 Å². The van der Waals surface area contributed by atoms with Crippen LogP contribution < -0.4 is 22.1 Å². The normalized spacial score (nSPS) is 20.8. The van der Waals surface area contributed by atoms with Crippen LogP contribution in [0.15, 0.2) is 59.7 Å². The number of aliphatic imine (C=N–C) groups is 1. The van der Waals surface area contributed by atoms with Crippen molar-refractivity contribution >= 4 is 28.9 Å². The second-order valence-electron chi connectivity index (χ2n) is 11.0. The number of amides is 2. The van der Waals surface area contributed by atoms with Gasteiger partial charge in [0.1, 0.15) is 12.6 Å². The summed E-state index contributed by atoms with van der Waals surface area (Å²) < 4.78 is 5.36. The molecule has 0 bridgehead atoms. The second kappa shape index (κ2) is 12.4. The number of aromatic nitrogens is 1. The number of nitrogens with two attached hydrogens (primary N) is 2. The average Bonchev–Trinajstić information content (AvgIpc) is 3.37. The first-order valence-corrected chi connectivity index (χ1v) is 14.0. The van der Waals surface area contributed by atoms with E-state index in [0.717, 1.165) is 24.9 Å². The zero-order chi connectivity index (χ0) is 28.1. The summed E-state index contributed by atoms with van der Waals surface area (Å²) in [4.78, 5) is 35.7. The van der Waals surface area contributed by atoms with Gasteiger partial charge in [-0.2, -0.15) is 0 Å². The third-order valence-electron chi connectivity index (χ3n) is 8.14. The molecule has 1 aliphatic heterocycles. The number of aromatic amines is 1. The number of piperidine rings is 1. The fraction of sp³-hybridized carbons (Fsp3) is 0.433. The minimum Gasteiger partial charge on any atom is -0.445 e. The topological polar surface area (TPSA) is 151 Å². The third kappa shape index (κ3) is 6.39. The molecule has 0 spiro atoms. The van der Waals surface area contributed by atoms with E-state index in [-0.39, 0.29) is 18.5 Å². The zero-order valence-electron chi connectivity index (χ0n) is 22.9. The predicted molar refractivity (Wildman–Crippen MR) is 156 cm³/mol. The molecule has 1 unspecified atom stereocenters. The lowest BCUT2D eigenvalue weighted by molar-refractivity contribution is -0.123. The molecule has 10 heteroatoms. The highest BCUT2D eigenvalue weighted by molar-refractivity contribution is 5.88. The molecule has 1 saturated heterocycles. The van der Waals surface area contributed by atoms with Crippen molar-refractivity contribution in [3.05, 3.63) is 71.4 Å². The van der Waals surface area contributed by atoms with Gasteiger partial charge in [0.25, 0.3) is 0 Å². The van der Waals surface area contributed by atoms with Crippen molar-refractivity contribution in [3.63, 3.8) is 0 Å². The lowest BCUT2D eigenvalue weighted by Gasteiger charge is -2.45. The van der Waals surface area contributed by atoms with Crippen LogP contribution in [-0.2, 0) is 22.6 Å². The summed E-state index contributed by atoms with van der Waals surface area (Å²) in [5.74, 6) is 0.471. The number of likely N-dealkylation sites (tertiary alicyclic amines) is 1. The van der Waals surface area contributed by atoms with Crippen LogP contribution in [0, 0.1) is 5.92 Å². The second-order valence-corrected chi connectivity index (χ2v) is 11.0. The Bertz CT molecular complexity index is 1350. The summed E-state index contributed by atoms with van der Waals surface area (Å²) >= 11 is 0. The third-order valence-corrected chi connectivity index (χ3v) is 8.14. The first-order chi connectivity index (χ1) is 19.4. The van der Waals surface area contributed by atoms with Crippen molar-refractivity contribution in [3.8, 4) is 0 Å². The number of hydrogen-bond acceptors (Lipinski definition) is 5. The zero-order valence-corrected chi connectivity index (χ0v) is 22.9. The summed E-state index contributed by atoms with van der Waals surface area (Å²) in [5.41, 5.74) is 15.7. The lowest BCUT2D eigenvalue weighted by Crippen LogP contribution is -2.52. The molecule has 2 aromatic carbocycles. The van der Waals surface area contributed by atoms with Crippen molar-refractivity contribution < 1.29 is 14.3 Å². The molecule has 2 amide bonds. The Labute approximate surface area is 234 Å². The molecule has 1 fully saturated rings. The van der Waals surface area contributed by atoms with Gasteiger partial charge in [-0.3, -0.25) is 9.79 Å². The van der Waals surface area contributed by atoms with Gasteiger partial charge in [-0.05, 0) is 61.4 Å². The smallest absolute Gasteiger partial charge is 0.408 e. The van der Waals surface area contributed by atoms with Crippen LogP contribution >= 0.6 is 0 Å². The fourth-order valence-electron chi connectivity index (χ4n) is 6.25. The summed E-state index contributed by atoms with van der Waals surface area (Å²) in [6, 6.07) is 15.6. The number of fused-ring (bicyclic) bond motifs is 2. The van der Waals surface area contributed by atoms with Gasteiger partial charge in [0.15, 0.2) is 5.96 Å². The van der Waals surface area contributed by atoms with Crippen LogP contribution in [0.25, 0.3) is 10.9 Å². The number of hydrogen-bond donors (Lipinski definition) is 5. The summed E-state index contributed by atoms with van der Waals surface area (Å²) in [6.07, 6.45) is 4.47. The molecule has 10 nitrogen and oxygen atoms in total. The first kappa shape index (κ1) is 27.5. The SMILES string of the molecule is CN1C[C@H](CNC(=O)[C@H](CCCN=C(N)N)NC(=O)OCc2ccccc2)CC2c3cccc4[nH]cc(c34)C[C@H]21. The number of guanidine groups is 1. The molecule has 0 saturated carbocycles. The number of alkyl carbamates (subject to hydrolysis) is 1. The molecule has 0 radical (unpaired) electrons. The van der Waals surface area contributed by atoms with E-state index in [1.807, 2.05) is 30.3 Å². The van der Waals surface area contributed by atoms with E-state index in [9.17, 15) is 9.59 Å². The van der Waals surface area contributed by atoms with E-state index in [1.165, 1.54) is 22.0 Å². The summed E-state index contributed by atoms with van der Waals surface area (Å²) in [7, 11) is 2.18. The number of ether oxygens (including phenoxy) is 1. The molecule has 2 heterocycles. The Balaban J connectivity index is 1.20. The Morgan fingerprint density at radius 3 is 2.80 bits per heavy atom. The van der Waals surface area contributed by atoms with Crippen LogP contribution in [-0.4, -0.2) is 66.6 Å². The predicted octanol–water partition coefficient (Wildman–Crippen LogP) is 2.59. The first-order valence-electron chi connectivity index (χ1n) is 14.0. The van der Waals surface area contributed by atoms with Crippen molar-refractivity contribution in [2.75, 3.05) is 26.7 Å². The minimum atomic E-state index is -0.752. The van der Waals surface area contributed by atoms with E-state index in [2.05, 4.69) is 57.0 Å². The highest BCUT2D eigenvalue weighted by Crippen LogP contribution is 2.44. The molecule has 212 valence electrons. The molecular weight excluding hydrogens is 506 g/mol. The number of likely N-dealkylation sites (N-methyl/N-ethyl adjacent to an activating group) is 1. The van der Waals surface area contributed by atoms with E-state index >= 15 is 0 Å². The van der Waals surface area contributed by atoms with Crippen molar-refractivity contribution in [1.29, 1.82) is 0 Å². The average molecular weight is 546 g/mol. The Hall–Kier alpha value is -4.05. The molecule has 1 aromatic heterocycles. The molecule has 2 aliphatic rings. The van der Waals surface area contributed by atoms with Crippen molar-refractivity contribution in [2.24, 2.45) is 22.4 Å². The molecule has 4 atom stereocenters. The Morgan fingerprint density at radius 1 is 1.18 bits per heavy atom. The van der Waals surface area contributed by atoms with E-state index in [4.69, 9.17) is 16.2 Å². The van der Waals surface area contributed by atoms with Gasteiger partial charge in [-0.15, -0.1) is 0 Å². The van der Waals surface area contributed by atoms with Crippen LogP contribution in [0.1, 0.15) is 41.9 Å². The van der Waals surface area contributed by atoms with E-state index < -0.39 is 12.1 Å². The van der Waals surface area contributed by atoms with Crippen LogP contribution in [0.5, 0.6) is 0 Å². The van der Waals surface area contributed by atoms with Gasteiger partial charge >= 0.3 is 6.09 Å². The number of H-pyrrole nitrogens is 1. The maximum atomic E-state index is 13.3. The number of carbonyl (C=O) groups excluding carboxylic acids is 2. The van der Waals surface area contributed by atoms with Gasteiger partial charge in [0, 0.05) is 48.7 Å². The van der Waals surface area contributed by atoms with Gasteiger partial charge in [0.2, 0.25) is 5.91 Å². The highest BCUT2D eigenvalue weighted by atomic mass is 16.5. The fourth-order valence-corrected chi connectivity index (χ4v) is 6.25. The largest absolute Gasteiger partial charge is 0.445 e. The van der Waals surface area contributed by atoms with E-state index in [0.29, 0.717) is 43.8 Å². The van der Waals surface area contributed by atoms with Gasteiger partial charge < -0.3 is 36.7 Å². The van der Waals surface area contributed by atoms with Gasteiger partial charge in [-0.1, -0.05) is 42.5 Å². The van der Waals surface area contributed by atoms with Crippen LogP contribution in [0.2, 0.25) is 0 Å². The number of benzene rings is 2. The standard InChI is InChI=1S/C30H39N7O3/c1-37-17-20(13-23-22-9-5-10-24-27(22)21(16-34-24)14-26(23)37)15-35-28(38)25(11-6-12-33-29(31)32)36-30(39)40-18-19-7-3-2-4-8-19/h2-5,7-10,16,20,23,25-26,34H,6,11-15,17-18H2,1H3,(H,35,38)(H,36,39)(H4,31,32,33)/t20-,23?,25-,26+/m0/s1. The number of nitrogens with zero attached hydrogens (tertiary/aromatic N) is 2. The summed E-state index contributed by atoms with van der Waals surface area (Å²) in [6.45, 7) is 1.93. The van der Waals surface area contributed by atoms with Crippen LogP contribution in [0.4, 0.5) is 4.79 Å². The number of rotatable bonds is 10. The number of nitrogens with one attached hydrogen (secondary N) is 3. The maximum Gasteiger partial charge on any atom is 0.408 e. The molecule has 40 heavy (non-hydrogen) atoms. The number of carbonyl (C=O) groups is 2.